The third kappa shape index (κ3) is 3.48. The number of carbonyl (C=O) groups is 1. The average molecular weight is 295 g/mol. The van der Waals surface area contributed by atoms with Crippen molar-refractivity contribution < 1.29 is 9.53 Å². The Labute approximate surface area is 121 Å². The molecule has 0 radical (unpaired) electrons. The number of H-pyrrole nitrogens is 1. The number of likely N-dealkylation sites (N-methyl/N-ethyl adjacent to an activating group) is 1. The summed E-state index contributed by atoms with van der Waals surface area (Å²) in [6.07, 6.45) is 0. The fraction of sp³-hybridized carbons (Fsp3) is 0.308. The van der Waals surface area contributed by atoms with Crippen LogP contribution in [-0.2, 0) is 0 Å². The summed E-state index contributed by atoms with van der Waals surface area (Å²) in [6.45, 7) is 2.50. The summed E-state index contributed by atoms with van der Waals surface area (Å²) in [4.78, 5) is 17.5. The zero-order valence-electron chi connectivity index (χ0n) is 11.3. The maximum atomic E-state index is 12.0. The standard InChI is InChI=1S/C13H15ClN4O2/c1-9-15-12(17-16-9)13(19)18(2)7-8-20-11-6-4-3-5-10(11)14/h3-6H,7-8H2,1-2H3,(H,15,16,17). The molecule has 0 aliphatic heterocycles. The lowest BCUT2D eigenvalue weighted by molar-refractivity contribution is 0.0762. The van der Waals surface area contributed by atoms with E-state index in [0.717, 1.165) is 0 Å². The van der Waals surface area contributed by atoms with Gasteiger partial charge in [0.1, 0.15) is 18.2 Å². The molecule has 1 amide bonds. The summed E-state index contributed by atoms with van der Waals surface area (Å²) in [5.74, 6) is 1.11. The molecular formula is C13H15ClN4O2. The summed E-state index contributed by atoms with van der Waals surface area (Å²) < 4.78 is 5.52. The van der Waals surface area contributed by atoms with Gasteiger partial charge >= 0.3 is 0 Å². The van der Waals surface area contributed by atoms with Crippen molar-refractivity contribution >= 4 is 17.5 Å². The smallest absolute Gasteiger partial charge is 0.293 e. The lowest BCUT2D eigenvalue weighted by Crippen LogP contribution is -2.31. The molecule has 6 nitrogen and oxygen atoms in total. The van der Waals surface area contributed by atoms with Crippen molar-refractivity contribution in [2.45, 2.75) is 6.92 Å². The Balaban J connectivity index is 1.85. The summed E-state index contributed by atoms with van der Waals surface area (Å²) in [6, 6.07) is 7.20. The number of hydrogen-bond acceptors (Lipinski definition) is 4. The molecule has 1 N–H and O–H groups in total. The zero-order valence-corrected chi connectivity index (χ0v) is 12.0. The van der Waals surface area contributed by atoms with Gasteiger partial charge in [-0.2, -0.15) is 0 Å². The molecule has 2 rings (SSSR count). The Kier molecular flexibility index (Phi) is 4.57. The second kappa shape index (κ2) is 6.38. The first-order valence-corrected chi connectivity index (χ1v) is 6.47. The Bertz CT molecular complexity index is 600. The van der Waals surface area contributed by atoms with E-state index in [9.17, 15) is 4.79 Å². The quantitative estimate of drug-likeness (QED) is 0.914. The normalized spacial score (nSPS) is 10.3. The molecule has 2 aromatic rings. The maximum Gasteiger partial charge on any atom is 0.293 e. The number of carbonyl (C=O) groups excluding carboxylic acids is 1. The highest BCUT2D eigenvalue weighted by molar-refractivity contribution is 6.32. The largest absolute Gasteiger partial charge is 0.490 e. The van der Waals surface area contributed by atoms with Gasteiger partial charge in [-0.3, -0.25) is 9.89 Å². The number of rotatable bonds is 5. The van der Waals surface area contributed by atoms with Gasteiger partial charge in [0.05, 0.1) is 11.6 Å². The molecule has 0 saturated carbocycles. The van der Waals surface area contributed by atoms with Gasteiger partial charge in [-0.1, -0.05) is 23.7 Å². The Morgan fingerprint density at radius 2 is 2.20 bits per heavy atom. The number of para-hydroxylation sites is 1. The molecule has 1 heterocycles. The van der Waals surface area contributed by atoms with Crippen LogP contribution < -0.4 is 4.74 Å². The SMILES string of the molecule is Cc1nc(C(=O)N(C)CCOc2ccccc2Cl)n[nH]1. The third-order valence-corrected chi connectivity index (χ3v) is 2.97. The van der Waals surface area contributed by atoms with E-state index < -0.39 is 0 Å². The molecule has 106 valence electrons. The van der Waals surface area contributed by atoms with Crippen LogP contribution in [0.15, 0.2) is 24.3 Å². The highest BCUT2D eigenvalue weighted by atomic mass is 35.5. The van der Waals surface area contributed by atoms with Crippen molar-refractivity contribution in [3.63, 3.8) is 0 Å². The van der Waals surface area contributed by atoms with Crippen LogP contribution in [0.4, 0.5) is 0 Å². The number of aryl methyl sites for hydroxylation is 1. The number of nitrogens with one attached hydrogen (secondary N) is 1. The average Bonchev–Trinajstić information content (AvgIpc) is 2.86. The van der Waals surface area contributed by atoms with E-state index in [-0.39, 0.29) is 11.7 Å². The van der Waals surface area contributed by atoms with Crippen molar-refractivity contribution in [2.75, 3.05) is 20.2 Å². The van der Waals surface area contributed by atoms with E-state index in [1.165, 1.54) is 4.90 Å². The second-order valence-corrected chi connectivity index (χ2v) is 4.66. The van der Waals surface area contributed by atoms with Gasteiger partial charge in [0, 0.05) is 7.05 Å². The Hall–Kier alpha value is -2.08. The third-order valence-electron chi connectivity index (χ3n) is 2.66. The number of aromatic nitrogens is 3. The number of ether oxygens (including phenoxy) is 1. The molecule has 1 aromatic heterocycles. The van der Waals surface area contributed by atoms with Crippen molar-refractivity contribution in [1.82, 2.24) is 20.1 Å². The van der Waals surface area contributed by atoms with Crippen molar-refractivity contribution in [3.05, 3.63) is 40.9 Å². The number of amides is 1. The minimum absolute atomic E-state index is 0.155. The predicted molar refractivity (Wildman–Crippen MR) is 75.0 cm³/mol. The first-order valence-electron chi connectivity index (χ1n) is 6.09. The van der Waals surface area contributed by atoms with Gasteiger partial charge in [-0.15, -0.1) is 5.10 Å². The van der Waals surface area contributed by atoms with Crippen LogP contribution in [-0.4, -0.2) is 46.2 Å². The van der Waals surface area contributed by atoms with Crippen LogP contribution in [0.3, 0.4) is 0 Å². The van der Waals surface area contributed by atoms with Gasteiger partial charge in [0.15, 0.2) is 0 Å². The topological polar surface area (TPSA) is 71.1 Å². The van der Waals surface area contributed by atoms with E-state index in [4.69, 9.17) is 16.3 Å². The number of aromatic amines is 1. The number of nitrogens with zero attached hydrogens (tertiary/aromatic N) is 3. The molecule has 0 fully saturated rings. The molecular weight excluding hydrogens is 280 g/mol. The van der Waals surface area contributed by atoms with Gasteiger partial charge in [-0.05, 0) is 19.1 Å². The number of benzene rings is 1. The van der Waals surface area contributed by atoms with Crippen LogP contribution in [0.5, 0.6) is 5.75 Å². The van der Waals surface area contributed by atoms with E-state index in [1.54, 1.807) is 26.1 Å². The number of halogens is 1. The van der Waals surface area contributed by atoms with Gasteiger partial charge in [0.2, 0.25) is 5.82 Å². The van der Waals surface area contributed by atoms with Crippen LogP contribution >= 0.6 is 11.6 Å². The van der Waals surface area contributed by atoms with Crippen molar-refractivity contribution in [1.29, 1.82) is 0 Å². The molecule has 0 spiro atoms. The predicted octanol–water partition coefficient (Wildman–Crippen LogP) is 1.92. The van der Waals surface area contributed by atoms with Gasteiger partial charge in [-0.25, -0.2) is 4.98 Å². The molecule has 0 unspecified atom stereocenters. The first-order chi connectivity index (χ1) is 9.58. The van der Waals surface area contributed by atoms with E-state index in [1.807, 2.05) is 12.1 Å². The minimum Gasteiger partial charge on any atom is -0.490 e. The summed E-state index contributed by atoms with van der Waals surface area (Å²) in [5.41, 5.74) is 0. The summed E-state index contributed by atoms with van der Waals surface area (Å²) in [7, 11) is 1.67. The van der Waals surface area contributed by atoms with Crippen molar-refractivity contribution in [3.8, 4) is 5.75 Å². The zero-order chi connectivity index (χ0) is 14.5. The Morgan fingerprint density at radius 3 is 2.85 bits per heavy atom. The van der Waals surface area contributed by atoms with E-state index >= 15 is 0 Å². The fourth-order valence-electron chi connectivity index (χ4n) is 1.56. The minimum atomic E-state index is -0.253. The Morgan fingerprint density at radius 1 is 1.45 bits per heavy atom. The maximum absolute atomic E-state index is 12.0. The highest BCUT2D eigenvalue weighted by Crippen LogP contribution is 2.22. The van der Waals surface area contributed by atoms with Gasteiger partial charge in [0.25, 0.3) is 5.91 Å². The monoisotopic (exact) mass is 294 g/mol. The molecule has 0 aliphatic rings. The van der Waals surface area contributed by atoms with E-state index in [2.05, 4.69) is 15.2 Å². The summed E-state index contributed by atoms with van der Waals surface area (Å²) in [5, 5.41) is 7.01. The van der Waals surface area contributed by atoms with Crippen LogP contribution in [0.2, 0.25) is 5.02 Å². The number of hydrogen-bond donors (Lipinski definition) is 1. The fourth-order valence-corrected chi connectivity index (χ4v) is 1.76. The van der Waals surface area contributed by atoms with Crippen LogP contribution in [0, 0.1) is 6.92 Å². The molecule has 0 bridgehead atoms. The second-order valence-electron chi connectivity index (χ2n) is 4.25. The van der Waals surface area contributed by atoms with Crippen molar-refractivity contribution in [2.24, 2.45) is 0 Å². The highest BCUT2D eigenvalue weighted by Gasteiger charge is 2.16. The molecule has 7 heteroatoms. The van der Waals surface area contributed by atoms with Crippen LogP contribution in [0.25, 0.3) is 0 Å². The molecule has 0 atom stereocenters. The van der Waals surface area contributed by atoms with Gasteiger partial charge < -0.3 is 9.64 Å². The molecule has 0 saturated heterocycles. The lowest BCUT2D eigenvalue weighted by Gasteiger charge is -2.16. The molecule has 0 aliphatic carbocycles. The van der Waals surface area contributed by atoms with Crippen LogP contribution in [0.1, 0.15) is 16.4 Å². The summed E-state index contributed by atoms with van der Waals surface area (Å²) >= 11 is 5.97. The molecule has 20 heavy (non-hydrogen) atoms. The molecule has 1 aromatic carbocycles. The first kappa shape index (κ1) is 14.3. The lowest BCUT2D eigenvalue weighted by atomic mass is 10.3. The van der Waals surface area contributed by atoms with E-state index in [0.29, 0.717) is 29.7 Å².